The summed E-state index contributed by atoms with van der Waals surface area (Å²) in [5, 5.41) is 0. The summed E-state index contributed by atoms with van der Waals surface area (Å²) in [5.74, 6) is 0.210. The van der Waals surface area contributed by atoms with Crippen molar-refractivity contribution < 1.29 is 9.53 Å². The number of carbonyl (C=O) groups is 1. The maximum Gasteiger partial charge on any atom is 0.161 e. The van der Waals surface area contributed by atoms with Gasteiger partial charge in [-0.05, 0) is 18.6 Å². The molecule has 2 heteroatoms. The number of ketones is 1. The number of ether oxygens (including phenoxy) is 1. The molecule has 0 bridgehead atoms. The zero-order chi connectivity index (χ0) is 6.85. The SMILES string of the molecule is CO[C@@H]1C=C(C)C(=O)C1. The van der Waals surface area contributed by atoms with Crippen LogP contribution in [0.2, 0.25) is 0 Å². The predicted octanol–water partition coefficient (Wildman–Crippen LogP) is 0.921. The van der Waals surface area contributed by atoms with E-state index < -0.39 is 0 Å². The molecule has 0 aromatic rings. The molecule has 0 aliphatic heterocycles. The maximum absolute atomic E-state index is 10.8. The summed E-state index contributed by atoms with van der Waals surface area (Å²) in [6.07, 6.45) is 2.43. The number of hydrogen-bond acceptors (Lipinski definition) is 2. The summed E-state index contributed by atoms with van der Waals surface area (Å²) in [5.41, 5.74) is 0.835. The number of rotatable bonds is 1. The van der Waals surface area contributed by atoms with Crippen LogP contribution in [-0.4, -0.2) is 19.0 Å². The van der Waals surface area contributed by atoms with Crippen molar-refractivity contribution in [1.82, 2.24) is 0 Å². The monoisotopic (exact) mass is 126 g/mol. The zero-order valence-corrected chi connectivity index (χ0v) is 5.68. The first kappa shape index (κ1) is 6.49. The molecule has 1 aliphatic carbocycles. The van der Waals surface area contributed by atoms with E-state index in [1.54, 1.807) is 7.11 Å². The lowest BCUT2D eigenvalue weighted by atomic mass is 10.2. The number of methoxy groups -OCH3 is 1. The van der Waals surface area contributed by atoms with Gasteiger partial charge in [-0.1, -0.05) is 0 Å². The van der Waals surface area contributed by atoms with Crippen LogP contribution in [0.4, 0.5) is 0 Å². The summed E-state index contributed by atoms with van der Waals surface area (Å²) in [4.78, 5) is 10.8. The van der Waals surface area contributed by atoms with Crippen molar-refractivity contribution in [1.29, 1.82) is 0 Å². The number of carbonyl (C=O) groups excluding carboxylic acids is 1. The summed E-state index contributed by atoms with van der Waals surface area (Å²) < 4.78 is 4.95. The van der Waals surface area contributed by atoms with Crippen molar-refractivity contribution in [2.45, 2.75) is 19.4 Å². The van der Waals surface area contributed by atoms with E-state index in [9.17, 15) is 4.79 Å². The van der Waals surface area contributed by atoms with Gasteiger partial charge in [-0.3, -0.25) is 4.79 Å². The maximum atomic E-state index is 10.8. The molecule has 0 saturated carbocycles. The van der Waals surface area contributed by atoms with Crippen molar-refractivity contribution >= 4 is 5.78 Å². The second-order valence-electron chi connectivity index (χ2n) is 2.25. The minimum absolute atomic E-state index is 0.0394. The third-order valence-electron chi connectivity index (χ3n) is 1.57. The minimum atomic E-state index is 0.0394. The molecule has 0 unspecified atom stereocenters. The van der Waals surface area contributed by atoms with Gasteiger partial charge in [0.2, 0.25) is 0 Å². The highest BCUT2D eigenvalue weighted by molar-refractivity contribution is 5.97. The van der Waals surface area contributed by atoms with E-state index in [0.717, 1.165) is 5.57 Å². The van der Waals surface area contributed by atoms with Gasteiger partial charge in [-0.15, -0.1) is 0 Å². The average molecular weight is 126 g/mol. The van der Waals surface area contributed by atoms with E-state index in [0.29, 0.717) is 6.42 Å². The second kappa shape index (κ2) is 2.31. The van der Waals surface area contributed by atoms with Crippen LogP contribution in [-0.2, 0) is 9.53 Å². The van der Waals surface area contributed by atoms with E-state index >= 15 is 0 Å². The summed E-state index contributed by atoms with van der Waals surface area (Å²) in [7, 11) is 1.62. The van der Waals surface area contributed by atoms with Crippen molar-refractivity contribution in [2.75, 3.05) is 7.11 Å². The van der Waals surface area contributed by atoms with Crippen LogP contribution in [0.15, 0.2) is 11.6 Å². The Labute approximate surface area is 54.5 Å². The second-order valence-corrected chi connectivity index (χ2v) is 2.25. The van der Waals surface area contributed by atoms with Crippen LogP contribution >= 0.6 is 0 Å². The first-order chi connectivity index (χ1) is 4.24. The Morgan fingerprint density at radius 2 is 2.44 bits per heavy atom. The molecular formula is C7H10O2. The van der Waals surface area contributed by atoms with Gasteiger partial charge < -0.3 is 4.74 Å². The first-order valence-electron chi connectivity index (χ1n) is 2.98. The highest BCUT2D eigenvalue weighted by Gasteiger charge is 2.19. The van der Waals surface area contributed by atoms with Crippen LogP contribution in [0, 0.1) is 0 Å². The molecule has 0 N–H and O–H groups in total. The third-order valence-corrected chi connectivity index (χ3v) is 1.57. The fourth-order valence-corrected chi connectivity index (χ4v) is 0.926. The van der Waals surface area contributed by atoms with E-state index in [1.807, 2.05) is 13.0 Å². The minimum Gasteiger partial charge on any atom is -0.377 e. The van der Waals surface area contributed by atoms with Gasteiger partial charge in [0.25, 0.3) is 0 Å². The van der Waals surface area contributed by atoms with Crippen LogP contribution in [0.3, 0.4) is 0 Å². The van der Waals surface area contributed by atoms with Crippen LogP contribution in [0.5, 0.6) is 0 Å². The molecule has 9 heavy (non-hydrogen) atoms. The topological polar surface area (TPSA) is 26.3 Å². The molecule has 1 rings (SSSR count). The Morgan fingerprint density at radius 1 is 1.78 bits per heavy atom. The van der Waals surface area contributed by atoms with Crippen LogP contribution < -0.4 is 0 Å². The smallest absolute Gasteiger partial charge is 0.161 e. The molecule has 0 amide bonds. The number of Topliss-reactive ketones (excluding diaryl/α,β-unsaturated/α-hetero) is 1. The Balaban J connectivity index is 2.62. The lowest BCUT2D eigenvalue weighted by molar-refractivity contribution is -0.116. The van der Waals surface area contributed by atoms with Gasteiger partial charge in [-0.25, -0.2) is 0 Å². The van der Waals surface area contributed by atoms with Gasteiger partial charge >= 0.3 is 0 Å². The fourth-order valence-electron chi connectivity index (χ4n) is 0.926. The molecule has 0 aromatic heterocycles. The number of hydrogen-bond donors (Lipinski definition) is 0. The van der Waals surface area contributed by atoms with Crippen molar-refractivity contribution in [2.24, 2.45) is 0 Å². The van der Waals surface area contributed by atoms with Gasteiger partial charge in [0.15, 0.2) is 5.78 Å². The summed E-state index contributed by atoms with van der Waals surface area (Å²) in [6.45, 7) is 1.82. The largest absolute Gasteiger partial charge is 0.377 e. The number of allylic oxidation sites excluding steroid dienone is 1. The molecule has 2 nitrogen and oxygen atoms in total. The molecule has 0 aromatic carbocycles. The molecule has 0 heterocycles. The third kappa shape index (κ3) is 1.19. The average Bonchev–Trinajstić information content (AvgIpc) is 2.13. The Morgan fingerprint density at radius 3 is 2.67 bits per heavy atom. The van der Waals surface area contributed by atoms with Crippen molar-refractivity contribution in [3.8, 4) is 0 Å². The molecule has 1 atom stereocenters. The molecule has 0 spiro atoms. The molecule has 0 saturated heterocycles. The molecule has 0 fully saturated rings. The molecule has 50 valence electrons. The van der Waals surface area contributed by atoms with Crippen LogP contribution in [0.25, 0.3) is 0 Å². The predicted molar refractivity (Wildman–Crippen MR) is 34.2 cm³/mol. The molecular weight excluding hydrogens is 116 g/mol. The zero-order valence-electron chi connectivity index (χ0n) is 5.68. The van der Waals surface area contributed by atoms with Crippen molar-refractivity contribution in [3.63, 3.8) is 0 Å². The highest BCUT2D eigenvalue weighted by atomic mass is 16.5. The standard InChI is InChI=1S/C7H10O2/c1-5-3-6(9-2)4-7(5)8/h3,6H,4H2,1-2H3/t6-/m1/s1. The normalized spacial score (nSPS) is 26.7. The summed E-state index contributed by atoms with van der Waals surface area (Å²) in [6, 6.07) is 0. The first-order valence-corrected chi connectivity index (χ1v) is 2.98. The quantitative estimate of drug-likeness (QED) is 0.522. The van der Waals surface area contributed by atoms with Gasteiger partial charge in [0.1, 0.15) is 0 Å². The van der Waals surface area contributed by atoms with E-state index in [-0.39, 0.29) is 11.9 Å². The Bertz CT molecular complexity index is 158. The van der Waals surface area contributed by atoms with E-state index in [1.165, 1.54) is 0 Å². The lowest BCUT2D eigenvalue weighted by Crippen LogP contribution is -2.04. The van der Waals surface area contributed by atoms with Gasteiger partial charge in [-0.2, -0.15) is 0 Å². The molecule has 1 aliphatic rings. The lowest BCUT2D eigenvalue weighted by Gasteiger charge is -1.99. The van der Waals surface area contributed by atoms with E-state index in [2.05, 4.69) is 0 Å². The Hall–Kier alpha value is -0.630. The highest BCUT2D eigenvalue weighted by Crippen LogP contribution is 2.15. The van der Waals surface area contributed by atoms with E-state index in [4.69, 9.17) is 4.74 Å². The van der Waals surface area contributed by atoms with Gasteiger partial charge in [0, 0.05) is 13.5 Å². The fraction of sp³-hybridized carbons (Fsp3) is 0.571. The Kier molecular flexibility index (Phi) is 1.67. The van der Waals surface area contributed by atoms with Gasteiger partial charge in [0.05, 0.1) is 6.10 Å². The van der Waals surface area contributed by atoms with Crippen LogP contribution in [0.1, 0.15) is 13.3 Å². The molecule has 0 radical (unpaired) electrons. The van der Waals surface area contributed by atoms with Crippen molar-refractivity contribution in [3.05, 3.63) is 11.6 Å². The summed E-state index contributed by atoms with van der Waals surface area (Å²) >= 11 is 0.